The Morgan fingerprint density at radius 1 is 0.875 bits per heavy atom. The van der Waals surface area contributed by atoms with Gasteiger partial charge in [-0.3, -0.25) is 4.79 Å². The van der Waals surface area contributed by atoms with Crippen molar-refractivity contribution >= 4 is 33.3 Å². The van der Waals surface area contributed by atoms with E-state index in [1.165, 1.54) is 0 Å². The summed E-state index contributed by atoms with van der Waals surface area (Å²) >= 11 is 0. The quantitative estimate of drug-likeness (QED) is 0.430. The first-order valence-corrected chi connectivity index (χ1v) is 10.1. The third-order valence-corrected chi connectivity index (χ3v) is 5.04. The van der Waals surface area contributed by atoms with Crippen LogP contribution in [0.25, 0.3) is 33.1 Å². The normalized spacial score (nSPS) is 10.9. The fourth-order valence-electron chi connectivity index (χ4n) is 3.44. The summed E-state index contributed by atoms with van der Waals surface area (Å²) in [6, 6.07) is 27.6. The van der Waals surface area contributed by atoms with Gasteiger partial charge in [0.15, 0.2) is 6.61 Å². The molecule has 0 saturated heterocycles. The molecule has 0 saturated carbocycles. The molecular formula is C26H18N2O4. The highest BCUT2D eigenvalue weighted by atomic mass is 16.5. The number of amides is 1. The van der Waals surface area contributed by atoms with Gasteiger partial charge in [0.1, 0.15) is 5.75 Å². The first-order chi connectivity index (χ1) is 15.7. The lowest BCUT2D eigenvalue weighted by Crippen LogP contribution is -2.20. The fraction of sp³-hybridized carbons (Fsp3) is 0.0385. The van der Waals surface area contributed by atoms with Gasteiger partial charge >= 0.3 is 5.63 Å². The molecule has 1 N–H and O–H groups in total. The Balaban J connectivity index is 1.25. The van der Waals surface area contributed by atoms with Gasteiger partial charge in [-0.1, -0.05) is 42.5 Å². The lowest BCUT2D eigenvalue weighted by molar-refractivity contribution is -0.118. The predicted molar refractivity (Wildman–Crippen MR) is 124 cm³/mol. The standard InChI is InChI=1S/C26H18N2O4/c29-24(16-31-21-14-11-17-5-1-2-6-19(17)15-21)27-20-12-9-18(10-13-20)25-28-23-8-4-3-7-22(23)26(30)32-25/h1-15H,16H2,(H,27,29). The van der Waals surface area contributed by atoms with E-state index in [2.05, 4.69) is 10.3 Å². The maximum atomic E-state index is 12.3. The largest absolute Gasteiger partial charge is 0.484 e. The third kappa shape index (κ3) is 4.06. The van der Waals surface area contributed by atoms with Crippen molar-refractivity contribution in [1.29, 1.82) is 0 Å². The number of anilines is 1. The van der Waals surface area contributed by atoms with E-state index in [1.807, 2.05) is 48.5 Å². The second kappa shape index (κ2) is 8.35. The molecule has 5 aromatic rings. The van der Waals surface area contributed by atoms with Crippen molar-refractivity contribution in [3.63, 3.8) is 0 Å². The van der Waals surface area contributed by atoms with Crippen LogP contribution in [0.4, 0.5) is 5.69 Å². The number of rotatable bonds is 5. The lowest BCUT2D eigenvalue weighted by atomic mass is 10.1. The van der Waals surface area contributed by atoms with Crippen LogP contribution in [0.15, 0.2) is 100 Å². The minimum absolute atomic E-state index is 0.110. The van der Waals surface area contributed by atoms with Crippen LogP contribution in [-0.2, 0) is 4.79 Å². The smallest absolute Gasteiger partial charge is 0.347 e. The van der Waals surface area contributed by atoms with Crippen molar-refractivity contribution < 1.29 is 13.9 Å². The lowest BCUT2D eigenvalue weighted by Gasteiger charge is -2.09. The zero-order chi connectivity index (χ0) is 21.9. The van der Waals surface area contributed by atoms with Gasteiger partial charge in [-0.25, -0.2) is 9.78 Å². The fourth-order valence-corrected chi connectivity index (χ4v) is 3.44. The molecule has 0 fully saturated rings. The van der Waals surface area contributed by atoms with Crippen LogP contribution < -0.4 is 15.7 Å². The van der Waals surface area contributed by atoms with E-state index in [1.54, 1.807) is 42.5 Å². The number of ether oxygens (including phenoxy) is 1. The summed E-state index contributed by atoms with van der Waals surface area (Å²) in [6.45, 7) is -0.110. The molecular weight excluding hydrogens is 404 g/mol. The van der Waals surface area contributed by atoms with Crippen LogP contribution >= 0.6 is 0 Å². The Labute approximate surface area is 183 Å². The molecule has 0 atom stereocenters. The molecule has 0 radical (unpaired) electrons. The first-order valence-electron chi connectivity index (χ1n) is 10.1. The highest BCUT2D eigenvalue weighted by molar-refractivity contribution is 5.92. The Morgan fingerprint density at radius 3 is 2.47 bits per heavy atom. The summed E-state index contributed by atoms with van der Waals surface area (Å²) in [5.41, 5.74) is 1.37. The van der Waals surface area contributed by atoms with Crippen molar-refractivity contribution in [1.82, 2.24) is 4.98 Å². The molecule has 0 spiro atoms. The highest BCUT2D eigenvalue weighted by Gasteiger charge is 2.09. The molecule has 1 amide bonds. The van der Waals surface area contributed by atoms with Crippen LogP contribution in [0.2, 0.25) is 0 Å². The number of carbonyl (C=O) groups excluding carboxylic acids is 1. The van der Waals surface area contributed by atoms with E-state index in [4.69, 9.17) is 9.15 Å². The summed E-state index contributed by atoms with van der Waals surface area (Å²) in [6.07, 6.45) is 0. The number of aromatic nitrogens is 1. The topological polar surface area (TPSA) is 81.4 Å². The number of nitrogens with one attached hydrogen (secondary N) is 1. The zero-order valence-electron chi connectivity index (χ0n) is 16.9. The van der Waals surface area contributed by atoms with E-state index in [0.29, 0.717) is 27.9 Å². The van der Waals surface area contributed by atoms with Gasteiger partial charge in [-0.2, -0.15) is 0 Å². The summed E-state index contributed by atoms with van der Waals surface area (Å²) in [4.78, 5) is 28.9. The van der Waals surface area contributed by atoms with E-state index in [-0.39, 0.29) is 18.4 Å². The maximum absolute atomic E-state index is 12.3. The Morgan fingerprint density at radius 2 is 1.62 bits per heavy atom. The first kappa shape index (κ1) is 19.5. The molecule has 6 heteroatoms. The van der Waals surface area contributed by atoms with E-state index >= 15 is 0 Å². The van der Waals surface area contributed by atoms with Gasteiger partial charge < -0.3 is 14.5 Å². The summed E-state index contributed by atoms with van der Waals surface area (Å²) in [5, 5.41) is 5.39. The van der Waals surface area contributed by atoms with Crippen molar-refractivity contribution in [3.05, 3.63) is 101 Å². The van der Waals surface area contributed by atoms with Gasteiger partial charge in [0.25, 0.3) is 5.91 Å². The van der Waals surface area contributed by atoms with Crippen LogP contribution in [0.5, 0.6) is 5.75 Å². The molecule has 1 heterocycles. The number of fused-ring (bicyclic) bond motifs is 2. The number of para-hydroxylation sites is 1. The molecule has 0 aliphatic rings. The average Bonchev–Trinajstić information content (AvgIpc) is 2.83. The monoisotopic (exact) mass is 422 g/mol. The zero-order valence-corrected chi connectivity index (χ0v) is 16.9. The molecule has 0 aliphatic carbocycles. The molecule has 6 nitrogen and oxygen atoms in total. The second-order valence-electron chi connectivity index (χ2n) is 7.25. The van der Waals surface area contributed by atoms with Gasteiger partial charge in [0.2, 0.25) is 5.89 Å². The van der Waals surface area contributed by atoms with E-state index < -0.39 is 5.63 Å². The van der Waals surface area contributed by atoms with Gasteiger partial charge in [0.05, 0.1) is 10.9 Å². The molecule has 4 aromatic carbocycles. The predicted octanol–water partition coefficient (Wildman–Crippen LogP) is 5.03. The molecule has 0 aliphatic heterocycles. The summed E-state index contributed by atoms with van der Waals surface area (Å²) in [5.74, 6) is 0.582. The van der Waals surface area contributed by atoms with Crippen molar-refractivity contribution in [2.75, 3.05) is 11.9 Å². The number of hydrogen-bond donors (Lipinski definition) is 1. The second-order valence-corrected chi connectivity index (χ2v) is 7.25. The molecule has 0 bridgehead atoms. The SMILES string of the molecule is O=C(COc1ccc2ccccc2c1)Nc1ccc(-c2nc3ccccc3c(=O)o2)cc1. The Kier molecular flexibility index (Phi) is 5.09. The summed E-state index contributed by atoms with van der Waals surface area (Å²) in [7, 11) is 0. The van der Waals surface area contributed by atoms with Crippen molar-refractivity contribution in [2.45, 2.75) is 0 Å². The maximum Gasteiger partial charge on any atom is 0.347 e. The van der Waals surface area contributed by atoms with E-state index in [9.17, 15) is 9.59 Å². The minimum Gasteiger partial charge on any atom is -0.484 e. The number of benzene rings is 4. The van der Waals surface area contributed by atoms with Crippen LogP contribution in [-0.4, -0.2) is 17.5 Å². The van der Waals surface area contributed by atoms with Crippen molar-refractivity contribution in [2.24, 2.45) is 0 Å². The average molecular weight is 422 g/mol. The van der Waals surface area contributed by atoms with Crippen LogP contribution in [0, 0.1) is 0 Å². The minimum atomic E-state index is -0.436. The van der Waals surface area contributed by atoms with Gasteiger partial charge in [0, 0.05) is 11.3 Å². The van der Waals surface area contributed by atoms with Gasteiger partial charge in [-0.15, -0.1) is 0 Å². The van der Waals surface area contributed by atoms with E-state index in [0.717, 1.165) is 10.8 Å². The number of carbonyl (C=O) groups is 1. The Hall–Kier alpha value is -4.45. The highest BCUT2D eigenvalue weighted by Crippen LogP contribution is 2.22. The van der Waals surface area contributed by atoms with Gasteiger partial charge in [-0.05, 0) is 59.3 Å². The van der Waals surface area contributed by atoms with Crippen LogP contribution in [0.3, 0.4) is 0 Å². The molecule has 1 aromatic heterocycles. The number of hydrogen-bond acceptors (Lipinski definition) is 5. The molecule has 5 rings (SSSR count). The summed E-state index contributed by atoms with van der Waals surface area (Å²) < 4.78 is 11.0. The van der Waals surface area contributed by atoms with Crippen LogP contribution in [0.1, 0.15) is 0 Å². The third-order valence-electron chi connectivity index (χ3n) is 5.04. The molecule has 32 heavy (non-hydrogen) atoms. The molecule has 156 valence electrons. The van der Waals surface area contributed by atoms with Crippen molar-refractivity contribution in [3.8, 4) is 17.2 Å². The molecule has 0 unspecified atom stereocenters. The Bertz CT molecular complexity index is 1490. The number of nitrogens with zero attached hydrogens (tertiary/aromatic N) is 1.